The Balaban J connectivity index is 1.65. The average molecular weight is 380 g/mol. The smallest absolute Gasteiger partial charge is 0.318 e. The van der Waals surface area contributed by atoms with Crippen LogP contribution in [-0.4, -0.2) is 46.5 Å². The molecule has 0 saturated heterocycles. The zero-order valence-corrected chi connectivity index (χ0v) is 17.3. The number of hydrogen-bond donors (Lipinski definition) is 1. The number of benzene rings is 2. The molecule has 1 aromatic heterocycles. The number of hydrogen-bond acceptors (Lipinski definition) is 3. The number of aryl methyl sites for hydroxylation is 1. The molecule has 0 radical (unpaired) electrons. The number of urea groups is 1. The van der Waals surface area contributed by atoms with Gasteiger partial charge in [-0.2, -0.15) is 0 Å². The lowest BCUT2D eigenvalue weighted by molar-refractivity contribution is 0.203. The van der Waals surface area contributed by atoms with Gasteiger partial charge in [-0.3, -0.25) is 0 Å². The summed E-state index contributed by atoms with van der Waals surface area (Å²) < 4.78 is 2.03. The highest BCUT2D eigenvalue weighted by Crippen LogP contribution is 2.19. The molecule has 1 atom stereocenters. The Morgan fingerprint density at radius 3 is 2.43 bits per heavy atom. The lowest BCUT2D eigenvalue weighted by Gasteiger charge is -2.22. The third kappa shape index (κ3) is 4.51. The topological polar surface area (TPSA) is 53.4 Å². The minimum atomic E-state index is -0.188. The Morgan fingerprint density at radius 1 is 1.07 bits per heavy atom. The number of amides is 2. The molecule has 28 heavy (non-hydrogen) atoms. The number of nitrogens with one attached hydrogen (secondary N) is 1. The molecule has 3 aromatic rings. The molecule has 0 unspecified atom stereocenters. The molecule has 0 aliphatic rings. The van der Waals surface area contributed by atoms with E-state index in [4.69, 9.17) is 0 Å². The first-order valence-electron chi connectivity index (χ1n) is 9.50. The largest absolute Gasteiger partial charge is 0.329 e. The highest BCUT2D eigenvalue weighted by Gasteiger charge is 2.18. The van der Waals surface area contributed by atoms with E-state index in [0.717, 1.165) is 29.0 Å². The van der Waals surface area contributed by atoms with Crippen molar-refractivity contribution in [2.75, 3.05) is 21.1 Å². The second kappa shape index (κ2) is 8.44. The van der Waals surface area contributed by atoms with Crippen molar-refractivity contribution in [1.82, 2.24) is 24.7 Å². The third-order valence-electron chi connectivity index (χ3n) is 4.81. The van der Waals surface area contributed by atoms with E-state index in [1.54, 1.807) is 4.90 Å². The monoisotopic (exact) mass is 379 g/mol. The van der Waals surface area contributed by atoms with Gasteiger partial charge >= 0.3 is 6.03 Å². The van der Waals surface area contributed by atoms with Crippen LogP contribution in [0.3, 0.4) is 0 Å². The van der Waals surface area contributed by atoms with Gasteiger partial charge < -0.3 is 19.7 Å². The van der Waals surface area contributed by atoms with Gasteiger partial charge in [0.05, 0.1) is 17.1 Å². The molecular formula is C22H29N5O. The molecule has 0 fully saturated rings. The van der Waals surface area contributed by atoms with Gasteiger partial charge in [0.25, 0.3) is 0 Å². The summed E-state index contributed by atoms with van der Waals surface area (Å²) in [6.07, 6.45) is 0. The van der Waals surface area contributed by atoms with Crippen LogP contribution in [0.4, 0.5) is 4.79 Å². The minimum Gasteiger partial charge on any atom is -0.329 e. The predicted molar refractivity (Wildman–Crippen MR) is 113 cm³/mol. The van der Waals surface area contributed by atoms with E-state index in [9.17, 15) is 4.79 Å². The van der Waals surface area contributed by atoms with Crippen molar-refractivity contribution in [3.05, 3.63) is 65.5 Å². The number of fused-ring (bicyclic) bond motifs is 1. The molecule has 1 N–H and O–H groups in total. The van der Waals surface area contributed by atoms with E-state index < -0.39 is 0 Å². The van der Waals surface area contributed by atoms with Crippen LogP contribution < -0.4 is 5.32 Å². The Labute approximate surface area is 166 Å². The summed E-state index contributed by atoms with van der Waals surface area (Å²) in [5, 5.41) is 3.06. The standard InChI is InChI=1S/C22H29N5O/c1-16(21-24-19-11-6-7-12-20(19)27(21)5)23-22(28)26(4)15-18-10-8-9-17(13-18)14-25(2)3/h6-13,16H,14-15H2,1-5H3,(H,23,28)/t16-/m0/s1. The van der Waals surface area contributed by atoms with Gasteiger partial charge in [-0.05, 0) is 44.3 Å². The third-order valence-corrected chi connectivity index (χ3v) is 4.81. The van der Waals surface area contributed by atoms with Gasteiger partial charge in [-0.15, -0.1) is 0 Å². The molecule has 2 amide bonds. The lowest BCUT2D eigenvalue weighted by Crippen LogP contribution is -2.38. The highest BCUT2D eigenvalue weighted by molar-refractivity contribution is 5.77. The van der Waals surface area contributed by atoms with Crippen LogP contribution in [0.1, 0.15) is 29.9 Å². The van der Waals surface area contributed by atoms with Crippen molar-refractivity contribution in [1.29, 1.82) is 0 Å². The van der Waals surface area contributed by atoms with Crippen LogP contribution in [0.25, 0.3) is 11.0 Å². The molecule has 0 bridgehead atoms. The van der Waals surface area contributed by atoms with Gasteiger partial charge in [-0.1, -0.05) is 36.4 Å². The second-order valence-corrected chi connectivity index (χ2v) is 7.60. The summed E-state index contributed by atoms with van der Waals surface area (Å²) in [4.78, 5) is 21.2. The maximum Gasteiger partial charge on any atom is 0.318 e. The van der Waals surface area contributed by atoms with Crippen molar-refractivity contribution in [2.45, 2.75) is 26.1 Å². The van der Waals surface area contributed by atoms with E-state index in [-0.39, 0.29) is 12.1 Å². The first-order chi connectivity index (χ1) is 13.3. The fourth-order valence-corrected chi connectivity index (χ4v) is 3.45. The van der Waals surface area contributed by atoms with E-state index in [1.165, 1.54) is 5.56 Å². The predicted octanol–water partition coefficient (Wildman–Crippen LogP) is 3.54. The lowest BCUT2D eigenvalue weighted by atomic mass is 10.1. The molecule has 1 heterocycles. The second-order valence-electron chi connectivity index (χ2n) is 7.60. The number of carbonyl (C=O) groups is 1. The fourth-order valence-electron chi connectivity index (χ4n) is 3.45. The van der Waals surface area contributed by atoms with E-state index in [2.05, 4.69) is 47.5 Å². The van der Waals surface area contributed by atoms with Gasteiger partial charge in [0.15, 0.2) is 0 Å². The molecule has 2 aromatic carbocycles. The Bertz CT molecular complexity index is 962. The normalized spacial score (nSPS) is 12.4. The zero-order valence-electron chi connectivity index (χ0n) is 17.3. The molecule has 6 nitrogen and oxygen atoms in total. The molecule has 148 valence electrons. The minimum absolute atomic E-state index is 0.113. The summed E-state index contributed by atoms with van der Waals surface area (Å²) in [6.45, 7) is 3.40. The first kappa shape index (κ1) is 19.9. The fraction of sp³-hybridized carbons (Fsp3) is 0.364. The van der Waals surface area contributed by atoms with Crippen molar-refractivity contribution in [3.63, 3.8) is 0 Å². The highest BCUT2D eigenvalue weighted by atomic mass is 16.2. The molecule has 0 saturated carbocycles. The number of aromatic nitrogens is 2. The summed E-state index contributed by atoms with van der Waals surface area (Å²) in [5.74, 6) is 0.843. The number of imidazole rings is 1. The molecule has 0 aliphatic heterocycles. The van der Waals surface area contributed by atoms with Crippen molar-refractivity contribution >= 4 is 17.1 Å². The maximum absolute atomic E-state index is 12.7. The first-order valence-corrected chi connectivity index (χ1v) is 9.50. The summed E-state index contributed by atoms with van der Waals surface area (Å²) in [6, 6.07) is 16.0. The van der Waals surface area contributed by atoms with Crippen molar-refractivity contribution < 1.29 is 4.79 Å². The van der Waals surface area contributed by atoms with E-state index in [1.807, 2.05) is 55.9 Å². The van der Waals surface area contributed by atoms with Crippen molar-refractivity contribution in [2.24, 2.45) is 7.05 Å². The molecular weight excluding hydrogens is 350 g/mol. The van der Waals surface area contributed by atoms with Crippen LogP contribution in [0.15, 0.2) is 48.5 Å². The van der Waals surface area contributed by atoms with Crippen molar-refractivity contribution in [3.8, 4) is 0 Å². The Hall–Kier alpha value is -2.86. The van der Waals surface area contributed by atoms with E-state index >= 15 is 0 Å². The van der Waals surface area contributed by atoms with Crippen LogP contribution in [-0.2, 0) is 20.1 Å². The molecule has 0 spiro atoms. The van der Waals surface area contributed by atoms with E-state index in [0.29, 0.717) is 6.54 Å². The zero-order chi connectivity index (χ0) is 20.3. The average Bonchev–Trinajstić information content (AvgIpc) is 2.98. The van der Waals surface area contributed by atoms with Gasteiger partial charge in [0.1, 0.15) is 5.82 Å². The molecule has 6 heteroatoms. The number of para-hydroxylation sites is 2. The summed E-state index contributed by atoms with van der Waals surface area (Å²) in [5.41, 5.74) is 4.36. The maximum atomic E-state index is 12.7. The number of nitrogens with zero attached hydrogens (tertiary/aromatic N) is 4. The number of rotatable bonds is 6. The van der Waals surface area contributed by atoms with Crippen LogP contribution in [0.2, 0.25) is 0 Å². The molecule has 0 aliphatic carbocycles. The Morgan fingerprint density at radius 2 is 1.75 bits per heavy atom. The Kier molecular flexibility index (Phi) is 5.99. The van der Waals surface area contributed by atoms with Crippen LogP contribution >= 0.6 is 0 Å². The quantitative estimate of drug-likeness (QED) is 0.713. The SMILES string of the molecule is C[C@H](NC(=O)N(C)Cc1cccc(CN(C)C)c1)c1nc2ccccc2n1C. The van der Waals surface area contributed by atoms with Gasteiger partial charge in [0, 0.05) is 27.2 Å². The summed E-state index contributed by atoms with van der Waals surface area (Å²) in [7, 11) is 7.90. The van der Waals surface area contributed by atoms with Gasteiger partial charge in [0.2, 0.25) is 0 Å². The van der Waals surface area contributed by atoms with Crippen LogP contribution in [0.5, 0.6) is 0 Å². The number of carbonyl (C=O) groups excluding carboxylic acids is 1. The summed E-state index contributed by atoms with van der Waals surface area (Å²) >= 11 is 0. The van der Waals surface area contributed by atoms with Crippen LogP contribution in [0, 0.1) is 0 Å². The molecule has 3 rings (SSSR count). The van der Waals surface area contributed by atoms with Gasteiger partial charge in [-0.25, -0.2) is 9.78 Å².